The fourth-order valence-corrected chi connectivity index (χ4v) is 2.66. The van der Waals surface area contributed by atoms with Crippen molar-refractivity contribution in [3.63, 3.8) is 0 Å². The quantitative estimate of drug-likeness (QED) is 0.761. The number of H-pyrrole nitrogens is 1. The van der Waals surface area contributed by atoms with Gasteiger partial charge in [-0.1, -0.05) is 42.5 Å². The summed E-state index contributed by atoms with van der Waals surface area (Å²) in [7, 11) is 0. The molecule has 20 heavy (non-hydrogen) atoms. The third-order valence-electron chi connectivity index (χ3n) is 3.16. The Balaban J connectivity index is 2.18. The standard InChI is InChI=1S/C16H13BrN2O/c1-11-6-5-9-13(10-11)19-16(20)14(17)15(18-19)12-7-3-2-4-8-12/h2-10,18H,1H3. The monoisotopic (exact) mass is 328 g/mol. The summed E-state index contributed by atoms with van der Waals surface area (Å²) in [6.07, 6.45) is 0. The van der Waals surface area contributed by atoms with E-state index in [1.807, 2.05) is 61.5 Å². The maximum atomic E-state index is 12.4. The average molecular weight is 329 g/mol. The Morgan fingerprint density at radius 1 is 1.05 bits per heavy atom. The van der Waals surface area contributed by atoms with Gasteiger partial charge in [0.1, 0.15) is 4.47 Å². The van der Waals surface area contributed by atoms with Crippen molar-refractivity contribution in [1.82, 2.24) is 9.78 Å². The van der Waals surface area contributed by atoms with Crippen LogP contribution in [0.3, 0.4) is 0 Å². The normalized spacial score (nSPS) is 10.7. The van der Waals surface area contributed by atoms with Gasteiger partial charge in [0.25, 0.3) is 5.56 Å². The molecule has 0 atom stereocenters. The van der Waals surface area contributed by atoms with E-state index in [2.05, 4.69) is 21.0 Å². The van der Waals surface area contributed by atoms with Gasteiger partial charge in [-0.3, -0.25) is 9.89 Å². The molecule has 0 amide bonds. The van der Waals surface area contributed by atoms with Crippen LogP contribution in [-0.4, -0.2) is 9.78 Å². The van der Waals surface area contributed by atoms with E-state index in [0.717, 1.165) is 22.5 Å². The number of hydrogen-bond donors (Lipinski definition) is 1. The molecule has 4 heteroatoms. The minimum atomic E-state index is -0.0885. The van der Waals surface area contributed by atoms with E-state index in [4.69, 9.17) is 0 Å². The molecule has 3 aromatic rings. The molecular formula is C16H13BrN2O. The molecule has 0 unspecified atom stereocenters. The summed E-state index contributed by atoms with van der Waals surface area (Å²) in [6, 6.07) is 17.6. The first-order valence-electron chi connectivity index (χ1n) is 6.30. The number of aromatic amines is 1. The molecule has 3 nitrogen and oxygen atoms in total. The maximum absolute atomic E-state index is 12.4. The van der Waals surface area contributed by atoms with Crippen molar-refractivity contribution >= 4 is 15.9 Å². The minimum Gasteiger partial charge on any atom is -0.289 e. The Morgan fingerprint density at radius 2 is 1.80 bits per heavy atom. The van der Waals surface area contributed by atoms with Crippen molar-refractivity contribution in [2.45, 2.75) is 6.92 Å². The van der Waals surface area contributed by atoms with Crippen LogP contribution in [0.4, 0.5) is 0 Å². The fraction of sp³-hybridized carbons (Fsp3) is 0.0625. The van der Waals surface area contributed by atoms with Crippen LogP contribution in [0.1, 0.15) is 5.56 Å². The van der Waals surface area contributed by atoms with Gasteiger partial charge >= 0.3 is 0 Å². The molecular weight excluding hydrogens is 316 g/mol. The topological polar surface area (TPSA) is 37.8 Å². The molecule has 1 aromatic heterocycles. The highest BCUT2D eigenvalue weighted by Gasteiger charge is 2.14. The number of halogens is 1. The molecule has 100 valence electrons. The van der Waals surface area contributed by atoms with Crippen molar-refractivity contribution in [2.24, 2.45) is 0 Å². The molecule has 2 aromatic carbocycles. The average Bonchev–Trinajstić information content (AvgIpc) is 2.76. The first kappa shape index (κ1) is 12.9. The van der Waals surface area contributed by atoms with Crippen LogP contribution in [0.5, 0.6) is 0 Å². The van der Waals surface area contributed by atoms with Gasteiger partial charge in [-0.05, 0) is 40.5 Å². The first-order chi connectivity index (χ1) is 9.66. The molecule has 3 rings (SSSR count). The van der Waals surface area contributed by atoms with Gasteiger partial charge in [-0.15, -0.1) is 0 Å². The fourth-order valence-electron chi connectivity index (χ4n) is 2.16. The Kier molecular flexibility index (Phi) is 3.32. The lowest BCUT2D eigenvalue weighted by molar-refractivity contribution is 0.850. The van der Waals surface area contributed by atoms with E-state index < -0.39 is 0 Å². The molecule has 0 fully saturated rings. The molecule has 0 spiro atoms. The summed E-state index contributed by atoms with van der Waals surface area (Å²) >= 11 is 3.39. The van der Waals surface area contributed by atoms with E-state index >= 15 is 0 Å². The lowest BCUT2D eigenvalue weighted by atomic mass is 10.2. The zero-order valence-electron chi connectivity index (χ0n) is 10.9. The number of aromatic nitrogens is 2. The minimum absolute atomic E-state index is 0.0885. The van der Waals surface area contributed by atoms with E-state index in [1.165, 1.54) is 0 Å². The van der Waals surface area contributed by atoms with Gasteiger partial charge in [-0.25, -0.2) is 4.68 Å². The number of aryl methyl sites for hydroxylation is 1. The zero-order chi connectivity index (χ0) is 14.1. The Morgan fingerprint density at radius 3 is 2.50 bits per heavy atom. The second kappa shape index (κ2) is 5.13. The van der Waals surface area contributed by atoms with Crippen LogP contribution in [0.25, 0.3) is 16.9 Å². The zero-order valence-corrected chi connectivity index (χ0v) is 12.5. The lowest BCUT2D eigenvalue weighted by Crippen LogP contribution is -2.14. The molecule has 0 saturated carbocycles. The number of rotatable bonds is 2. The van der Waals surface area contributed by atoms with E-state index in [-0.39, 0.29) is 5.56 Å². The van der Waals surface area contributed by atoms with E-state index in [0.29, 0.717) is 4.47 Å². The number of nitrogens with zero attached hydrogens (tertiary/aromatic N) is 1. The van der Waals surface area contributed by atoms with Crippen molar-refractivity contribution in [3.05, 3.63) is 75.0 Å². The largest absolute Gasteiger partial charge is 0.289 e. The Bertz CT molecular complexity index is 803. The predicted molar refractivity (Wildman–Crippen MR) is 84.3 cm³/mol. The summed E-state index contributed by atoms with van der Waals surface area (Å²) in [5.41, 5.74) is 3.62. The lowest BCUT2D eigenvalue weighted by Gasteiger charge is -2.03. The summed E-state index contributed by atoms with van der Waals surface area (Å²) in [5, 5.41) is 3.17. The van der Waals surface area contributed by atoms with Gasteiger partial charge in [0, 0.05) is 5.56 Å². The Labute approximate surface area is 125 Å². The summed E-state index contributed by atoms with van der Waals surface area (Å²) in [5.74, 6) is 0. The first-order valence-corrected chi connectivity index (χ1v) is 7.09. The molecule has 1 heterocycles. The Hall–Kier alpha value is -2.07. The van der Waals surface area contributed by atoms with Crippen molar-refractivity contribution in [2.75, 3.05) is 0 Å². The molecule has 0 bridgehead atoms. The second-order valence-electron chi connectivity index (χ2n) is 4.65. The predicted octanol–water partition coefficient (Wildman–Crippen LogP) is 3.90. The van der Waals surface area contributed by atoms with Gasteiger partial charge in [-0.2, -0.15) is 0 Å². The van der Waals surface area contributed by atoms with Gasteiger partial charge < -0.3 is 0 Å². The summed E-state index contributed by atoms with van der Waals surface area (Å²) < 4.78 is 2.10. The maximum Gasteiger partial charge on any atom is 0.286 e. The summed E-state index contributed by atoms with van der Waals surface area (Å²) in [4.78, 5) is 12.4. The number of hydrogen-bond acceptors (Lipinski definition) is 1. The SMILES string of the molecule is Cc1cccc(-n2[nH]c(-c3ccccc3)c(Br)c2=O)c1. The summed E-state index contributed by atoms with van der Waals surface area (Å²) in [6.45, 7) is 2.00. The van der Waals surface area contributed by atoms with E-state index in [9.17, 15) is 4.79 Å². The van der Waals surface area contributed by atoms with Crippen molar-refractivity contribution in [1.29, 1.82) is 0 Å². The van der Waals surface area contributed by atoms with Crippen LogP contribution >= 0.6 is 15.9 Å². The number of benzene rings is 2. The molecule has 0 radical (unpaired) electrons. The molecule has 0 aliphatic carbocycles. The van der Waals surface area contributed by atoms with Crippen LogP contribution in [0.15, 0.2) is 63.9 Å². The van der Waals surface area contributed by atoms with Crippen LogP contribution < -0.4 is 5.56 Å². The third kappa shape index (κ3) is 2.23. The third-order valence-corrected chi connectivity index (χ3v) is 3.89. The second-order valence-corrected chi connectivity index (χ2v) is 5.44. The highest BCUT2D eigenvalue weighted by Crippen LogP contribution is 2.24. The van der Waals surface area contributed by atoms with Crippen LogP contribution in [0, 0.1) is 6.92 Å². The van der Waals surface area contributed by atoms with Crippen molar-refractivity contribution in [3.8, 4) is 16.9 Å². The van der Waals surface area contributed by atoms with E-state index in [1.54, 1.807) is 4.68 Å². The molecule has 0 saturated heterocycles. The van der Waals surface area contributed by atoms with Gasteiger partial charge in [0.15, 0.2) is 0 Å². The molecule has 0 aliphatic rings. The molecule has 0 aliphatic heterocycles. The van der Waals surface area contributed by atoms with Crippen molar-refractivity contribution < 1.29 is 0 Å². The highest BCUT2D eigenvalue weighted by molar-refractivity contribution is 9.10. The molecule has 1 N–H and O–H groups in total. The smallest absolute Gasteiger partial charge is 0.286 e. The van der Waals surface area contributed by atoms with Gasteiger partial charge in [0.05, 0.1) is 11.4 Å². The van der Waals surface area contributed by atoms with Crippen LogP contribution in [-0.2, 0) is 0 Å². The van der Waals surface area contributed by atoms with Gasteiger partial charge in [0.2, 0.25) is 0 Å². The highest BCUT2D eigenvalue weighted by atomic mass is 79.9. The van der Waals surface area contributed by atoms with Crippen LogP contribution in [0.2, 0.25) is 0 Å². The number of nitrogens with one attached hydrogen (secondary N) is 1.